The molecule has 0 spiro atoms. The molecule has 0 aromatic heterocycles. The van der Waals surface area contributed by atoms with E-state index in [1.54, 1.807) is 0 Å². The van der Waals surface area contributed by atoms with Crippen LogP contribution in [-0.4, -0.2) is 13.7 Å². The molecule has 3 atom stereocenters. The quantitative estimate of drug-likeness (QED) is 0.829. The van der Waals surface area contributed by atoms with Crippen molar-refractivity contribution in [2.24, 2.45) is 11.8 Å². The third-order valence-electron chi connectivity index (χ3n) is 4.23. The van der Waals surface area contributed by atoms with Gasteiger partial charge in [0.2, 0.25) is 0 Å². The van der Waals surface area contributed by atoms with Crippen LogP contribution in [0.2, 0.25) is 0 Å². The Labute approximate surface area is 117 Å². The zero-order valence-corrected chi connectivity index (χ0v) is 12.5. The summed E-state index contributed by atoms with van der Waals surface area (Å²) in [5.74, 6) is 2.65. The van der Waals surface area contributed by atoms with E-state index in [0.717, 1.165) is 30.6 Å². The van der Waals surface area contributed by atoms with Gasteiger partial charge in [-0.3, -0.25) is 0 Å². The van der Waals surface area contributed by atoms with Gasteiger partial charge in [0.1, 0.15) is 5.75 Å². The molecule has 3 unspecified atom stereocenters. The van der Waals surface area contributed by atoms with Gasteiger partial charge in [-0.2, -0.15) is 0 Å². The molecule has 1 aromatic rings. The predicted molar refractivity (Wildman–Crippen MR) is 80.5 cm³/mol. The third-order valence-corrected chi connectivity index (χ3v) is 4.23. The maximum atomic E-state index is 5.65. The Morgan fingerprint density at radius 2 is 2.00 bits per heavy atom. The van der Waals surface area contributed by atoms with Crippen LogP contribution in [0.4, 0.5) is 0 Å². The molecule has 1 aliphatic rings. The van der Waals surface area contributed by atoms with Crippen molar-refractivity contribution >= 4 is 0 Å². The van der Waals surface area contributed by atoms with Gasteiger partial charge in [-0.05, 0) is 55.8 Å². The third kappa shape index (κ3) is 3.73. The molecular formula is C17H27NO. The maximum Gasteiger partial charge on any atom is 0.119 e. The van der Waals surface area contributed by atoms with Crippen LogP contribution in [0.25, 0.3) is 0 Å². The highest BCUT2D eigenvalue weighted by molar-refractivity contribution is 5.29. The highest BCUT2D eigenvalue weighted by atomic mass is 16.5. The maximum absolute atomic E-state index is 5.65. The Hall–Kier alpha value is -1.02. The van der Waals surface area contributed by atoms with E-state index in [4.69, 9.17) is 4.74 Å². The van der Waals surface area contributed by atoms with Crippen LogP contribution in [0.15, 0.2) is 24.3 Å². The molecule has 1 aliphatic carbocycles. The Balaban J connectivity index is 2.02. The van der Waals surface area contributed by atoms with Gasteiger partial charge in [0.25, 0.3) is 0 Å². The standard InChI is InChI=1S/C17H27NO/c1-4-11-19-16-9-7-14(8-10-16)17(18-3)15-6-5-13(2)12-15/h7-10,13,15,17-18H,4-6,11-12H2,1-3H3. The molecule has 106 valence electrons. The van der Waals surface area contributed by atoms with Crippen molar-refractivity contribution in [1.29, 1.82) is 0 Å². The van der Waals surface area contributed by atoms with Crippen molar-refractivity contribution in [3.8, 4) is 5.75 Å². The predicted octanol–water partition coefficient (Wildman–Crippen LogP) is 4.17. The Bertz CT molecular complexity index is 373. The summed E-state index contributed by atoms with van der Waals surface area (Å²) in [5, 5.41) is 3.50. The van der Waals surface area contributed by atoms with Gasteiger partial charge in [-0.1, -0.05) is 32.4 Å². The van der Waals surface area contributed by atoms with Crippen molar-refractivity contribution in [3.05, 3.63) is 29.8 Å². The second-order valence-electron chi connectivity index (χ2n) is 5.86. The first-order valence-corrected chi connectivity index (χ1v) is 7.64. The van der Waals surface area contributed by atoms with Gasteiger partial charge in [0.15, 0.2) is 0 Å². The molecule has 2 nitrogen and oxygen atoms in total. The monoisotopic (exact) mass is 261 g/mol. The van der Waals surface area contributed by atoms with Gasteiger partial charge in [0, 0.05) is 6.04 Å². The minimum Gasteiger partial charge on any atom is -0.494 e. The van der Waals surface area contributed by atoms with E-state index < -0.39 is 0 Å². The molecule has 0 heterocycles. The smallest absolute Gasteiger partial charge is 0.119 e. The van der Waals surface area contributed by atoms with E-state index in [1.807, 2.05) is 0 Å². The molecule has 1 fully saturated rings. The first-order chi connectivity index (χ1) is 9.24. The van der Waals surface area contributed by atoms with Gasteiger partial charge < -0.3 is 10.1 Å². The molecule has 1 aromatic carbocycles. The largest absolute Gasteiger partial charge is 0.494 e. The summed E-state index contributed by atoms with van der Waals surface area (Å²) in [4.78, 5) is 0. The lowest BCUT2D eigenvalue weighted by Crippen LogP contribution is -2.23. The Kier molecular flexibility index (Phi) is 5.26. The number of nitrogens with one attached hydrogen (secondary N) is 1. The van der Waals surface area contributed by atoms with Gasteiger partial charge >= 0.3 is 0 Å². The average Bonchev–Trinajstić information content (AvgIpc) is 2.85. The first-order valence-electron chi connectivity index (χ1n) is 7.64. The summed E-state index contributed by atoms with van der Waals surface area (Å²) in [5.41, 5.74) is 1.39. The van der Waals surface area contributed by atoms with Crippen molar-refractivity contribution in [3.63, 3.8) is 0 Å². The second-order valence-corrected chi connectivity index (χ2v) is 5.86. The fourth-order valence-corrected chi connectivity index (χ4v) is 3.22. The molecule has 19 heavy (non-hydrogen) atoms. The zero-order chi connectivity index (χ0) is 13.7. The minimum atomic E-state index is 0.491. The summed E-state index contributed by atoms with van der Waals surface area (Å²) in [6.07, 6.45) is 5.13. The second kappa shape index (κ2) is 6.95. The van der Waals surface area contributed by atoms with Crippen molar-refractivity contribution in [2.75, 3.05) is 13.7 Å². The fraction of sp³-hybridized carbons (Fsp3) is 0.647. The van der Waals surface area contributed by atoms with Crippen LogP contribution >= 0.6 is 0 Å². The van der Waals surface area contributed by atoms with E-state index in [0.29, 0.717) is 6.04 Å². The van der Waals surface area contributed by atoms with E-state index in [-0.39, 0.29) is 0 Å². The van der Waals surface area contributed by atoms with Crippen molar-refractivity contribution in [1.82, 2.24) is 5.32 Å². The SMILES string of the molecule is CCCOc1ccc(C(NC)C2CCC(C)C2)cc1. The zero-order valence-electron chi connectivity index (χ0n) is 12.5. The van der Waals surface area contributed by atoms with Crippen LogP contribution in [0.3, 0.4) is 0 Å². The summed E-state index contributed by atoms with van der Waals surface area (Å²) < 4.78 is 5.65. The van der Waals surface area contributed by atoms with Crippen LogP contribution < -0.4 is 10.1 Å². The molecule has 1 saturated carbocycles. The van der Waals surface area contributed by atoms with E-state index >= 15 is 0 Å². The summed E-state index contributed by atoms with van der Waals surface area (Å²) in [7, 11) is 2.08. The van der Waals surface area contributed by atoms with E-state index in [9.17, 15) is 0 Å². The highest BCUT2D eigenvalue weighted by Crippen LogP contribution is 2.38. The van der Waals surface area contributed by atoms with Gasteiger partial charge in [-0.25, -0.2) is 0 Å². The number of hydrogen-bond donors (Lipinski definition) is 1. The molecular weight excluding hydrogens is 234 g/mol. The lowest BCUT2D eigenvalue weighted by Gasteiger charge is -2.24. The van der Waals surface area contributed by atoms with Crippen LogP contribution in [0, 0.1) is 11.8 Å². The van der Waals surface area contributed by atoms with Crippen LogP contribution in [-0.2, 0) is 0 Å². The topological polar surface area (TPSA) is 21.3 Å². The lowest BCUT2D eigenvalue weighted by atomic mass is 9.91. The van der Waals surface area contributed by atoms with Crippen molar-refractivity contribution in [2.45, 2.75) is 45.6 Å². The van der Waals surface area contributed by atoms with Gasteiger partial charge in [-0.15, -0.1) is 0 Å². The van der Waals surface area contributed by atoms with Crippen LogP contribution in [0.5, 0.6) is 5.75 Å². The summed E-state index contributed by atoms with van der Waals surface area (Å²) in [6, 6.07) is 9.14. The molecule has 0 bridgehead atoms. The molecule has 0 amide bonds. The van der Waals surface area contributed by atoms with E-state index in [2.05, 4.69) is 50.5 Å². The Morgan fingerprint density at radius 1 is 1.26 bits per heavy atom. The summed E-state index contributed by atoms with van der Waals surface area (Å²) in [6.45, 7) is 5.30. The van der Waals surface area contributed by atoms with Crippen molar-refractivity contribution < 1.29 is 4.74 Å². The number of ether oxygens (including phenoxy) is 1. The van der Waals surface area contributed by atoms with Gasteiger partial charge in [0.05, 0.1) is 6.61 Å². The molecule has 0 radical (unpaired) electrons. The number of rotatable bonds is 6. The molecule has 2 heteroatoms. The van der Waals surface area contributed by atoms with E-state index in [1.165, 1.54) is 24.8 Å². The molecule has 1 N–H and O–H groups in total. The summed E-state index contributed by atoms with van der Waals surface area (Å²) >= 11 is 0. The minimum absolute atomic E-state index is 0.491. The normalized spacial score (nSPS) is 24.4. The van der Waals surface area contributed by atoms with Crippen LogP contribution in [0.1, 0.15) is 51.1 Å². The number of hydrogen-bond acceptors (Lipinski definition) is 2. The average molecular weight is 261 g/mol. The molecule has 0 aliphatic heterocycles. The highest BCUT2D eigenvalue weighted by Gasteiger charge is 2.28. The lowest BCUT2D eigenvalue weighted by molar-refractivity contribution is 0.317. The molecule has 2 rings (SSSR count). The number of benzene rings is 1. The fourth-order valence-electron chi connectivity index (χ4n) is 3.22. The molecule has 0 saturated heterocycles. The Morgan fingerprint density at radius 3 is 2.53 bits per heavy atom. The first kappa shape index (κ1) is 14.4.